The van der Waals surface area contributed by atoms with Crippen molar-refractivity contribution >= 4 is 22.1 Å². The van der Waals surface area contributed by atoms with Gasteiger partial charge in [-0.25, -0.2) is 0 Å². The van der Waals surface area contributed by atoms with Gasteiger partial charge in [-0.15, -0.1) is 0 Å². The van der Waals surface area contributed by atoms with Crippen molar-refractivity contribution in [2.45, 2.75) is 76.7 Å². The van der Waals surface area contributed by atoms with Gasteiger partial charge in [0, 0.05) is 28.4 Å². The maximum Gasteiger partial charge on any atom is 0.0499 e. The molecule has 1 fully saturated rings. The van der Waals surface area contributed by atoms with Crippen molar-refractivity contribution < 1.29 is 0 Å². The van der Waals surface area contributed by atoms with Crippen molar-refractivity contribution in [1.82, 2.24) is 0 Å². The SMILES string of the molecule is CC(C)c1ccccc1-c1cc2ccccc2cc1N(c1ccc2c(c1)C(C)(C)c1cccc(-c3ccccc3)c1-2)C1CCC(c2ccccc2)CC1. The highest BCUT2D eigenvalue weighted by Gasteiger charge is 2.38. The summed E-state index contributed by atoms with van der Waals surface area (Å²) in [6, 6.07) is 59.8. The van der Waals surface area contributed by atoms with Crippen LogP contribution < -0.4 is 4.90 Å². The van der Waals surface area contributed by atoms with E-state index in [4.69, 9.17) is 0 Å². The lowest BCUT2D eigenvalue weighted by Gasteiger charge is -2.40. The van der Waals surface area contributed by atoms with Gasteiger partial charge in [-0.05, 0) is 123 Å². The summed E-state index contributed by atoms with van der Waals surface area (Å²) >= 11 is 0. The molecule has 0 radical (unpaired) electrons. The quantitative estimate of drug-likeness (QED) is 0.161. The maximum atomic E-state index is 2.76. The van der Waals surface area contributed by atoms with Gasteiger partial charge < -0.3 is 4.90 Å². The van der Waals surface area contributed by atoms with E-state index in [-0.39, 0.29) is 5.41 Å². The third-order valence-corrected chi connectivity index (χ3v) is 12.4. The van der Waals surface area contributed by atoms with Gasteiger partial charge in [-0.1, -0.05) is 161 Å². The Morgan fingerprint density at radius 1 is 0.528 bits per heavy atom. The first kappa shape index (κ1) is 33.4. The third-order valence-electron chi connectivity index (χ3n) is 12.4. The Hall–Kier alpha value is -5.40. The second-order valence-corrected chi connectivity index (χ2v) is 16.2. The second kappa shape index (κ2) is 13.5. The average molecular weight is 688 g/mol. The molecule has 1 saturated carbocycles. The zero-order valence-electron chi connectivity index (χ0n) is 31.5. The molecule has 0 spiro atoms. The number of anilines is 2. The topological polar surface area (TPSA) is 3.24 Å². The third kappa shape index (κ3) is 5.88. The van der Waals surface area contributed by atoms with Gasteiger partial charge in [-0.2, -0.15) is 0 Å². The average Bonchev–Trinajstić information content (AvgIpc) is 3.44. The number of fused-ring (bicyclic) bond motifs is 4. The predicted molar refractivity (Wildman–Crippen MR) is 226 cm³/mol. The highest BCUT2D eigenvalue weighted by Crippen LogP contribution is 2.54. The molecule has 0 aromatic heterocycles. The molecule has 0 N–H and O–H groups in total. The van der Waals surface area contributed by atoms with Crippen molar-refractivity contribution in [3.63, 3.8) is 0 Å². The summed E-state index contributed by atoms with van der Waals surface area (Å²) < 4.78 is 0. The van der Waals surface area contributed by atoms with Crippen LogP contribution in [-0.4, -0.2) is 6.04 Å². The van der Waals surface area contributed by atoms with Gasteiger partial charge in [0.15, 0.2) is 0 Å². The van der Waals surface area contributed by atoms with Gasteiger partial charge in [0.25, 0.3) is 0 Å². The molecule has 7 aromatic carbocycles. The van der Waals surface area contributed by atoms with Crippen LogP contribution in [0.1, 0.15) is 87.5 Å². The first-order chi connectivity index (χ1) is 25.9. The molecular formula is C52H49N. The van der Waals surface area contributed by atoms with Gasteiger partial charge >= 0.3 is 0 Å². The van der Waals surface area contributed by atoms with Crippen molar-refractivity contribution in [3.05, 3.63) is 180 Å². The maximum absolute atomic E-state index is 2.76. The van der Waals surface area contributed by atoms with Crippen LogP contribution in [0.15, 0.2) is 158 Å². The van der Waals surface area contributed by atoms with E-state index in [1.165, 1.54) is 90.6 Å². The van der Waals surface area contributed by atoms with Crippen molar-refractivity contribution in [2.24, 2.45) is 0 Å². The molecule has 0 heterocycles. The first-order valence-corrected chi connectivity index (χ1v) is 19.7. The van der Waals surface area contributed by atoms with Gasteiger partial charge in [-0.3, -0.25) is 0 Å². The Labute approximate surface area is 316 Å². The molecule has 7 aromatic rings. The molecule has 1 nitrogen and oxygen atoms in total. The van der Waals surface area contributed by atoms with E-state index in [0.29, 0.717) is 17.9 Å². The van der Waals surface area contributed by atoms with Crippen LogP contribution >= 0.6 is 0 Å². The predicted octanol–water partition coefficient (Wildman–Crippen LogP) is 14.5. The van der Waals surface area contributed by atoms with Gasteiger partial charge in [0.1, 0.15) is 0 Å². The fourth-order valence-corrected chi connectivity index (χ4v) is 9.61. The molecule has 1 heteroatoms. The molecule has 262 valence electrons. The van der Waals surface area contributed by atoms with Crippen LogP contribution in [0.4, 0.5) is 11.4 Å². The molecule has 0 amide bonds. The van der Waals surface area contributed by atoms with E-state index in [9.17, 15) is 0 Å². The molecule has 0 unspecified atom stereocenters. The minimum atomic E-state index is -0.126. The van der Waals surface area contributed by atoms with E-state index in [1.807, 2.05) is 0 Å². The van der Waals surface area contributed by atoms with E-state index < -0.39 is 0 Å². The molecule has 2 aliphatic carbocycles. The van der Waals surface area contributed by atoms with Crippen LogP contribution in [-0.2, 0) is 5.41 Å². The van der Waals surface area contributed by atoms with E-state index in [2.05, 4.69) is 190 Å². The van der Waals surface area contributed by atoms with Crippen molar-refractivity contribution in [2.75, 3.05) is 4.90 Å². The Balaban J connectivity index is 1.23. The molecule has 53 heavy (non-hydrogen) atoms. The van der Waals surface area contributed by atoms with E-state index in [1.54, 1.807) is 0 Å². The largest absolute Gasteiger partial charge is 0.338 e. The number of nitrogens with zero attached hydrogens (tertiary/aromatic N) is 1. The highest BCUT2D eigenvalue weighted by molar-refractivity contribution is 5.98. The lowest BCUT2D eigenvalue weighted by Crippen LogP contribution is -2.35. The Morgan fingerprint density at radius 2 is 1.17 bits per heavy atom. The summed E-state index contributed by atoms with van der Waals surface area (Å²) in [4.78, 5) is 2.76. The van der Waals surface area contributed by atoms with Gasteiger partial charge in [0.05, 0.1) is 0 Å². The molecule has 0 saturated heterocycles. The highest BCUT2D eigenvalue weighted by atomic mass is 15.2. The molecule has 0 bridgehead atoms. The Morgan fingerprint density at radius 3 is 1.91 bits per heavy atom. The summed E-state index contributed by atoms with van der Waals surface area (Å²) in [7, 11) is 0. The van der Waals surface area contributed by atoms with Crippen molar-refractivity contribution in [3.8, 4) is 33.4 Å². The zero-order valence-corrected chi connectivity index (χ0v) is 31.5. The Bertz CT molecular complexity index is 2410. The number of rotatable bonds is 7. The fraction of sp³-hybridized carbons (Fsp3) is 0.231. The Kier molecular flexibility index (Phi) is 8.54. The number of hydrogen-bond acceptors (Lipinski definition) is 1. The summed E-state index contributed by atoms with van der Waals surface area (Å²) in [6.07, 6.45) is 4.69. The van der Waals surface area contributed by atoms with Crippen LogP contribution in [0.25, 0.3) is 44.2 Å². The van der Waals surface area contributed by atoms with E-state index in [0.717, 1.165) is 12.8 Å². The standard InChI is InChI=1S/C52H49N/c1-35(2)43-22-13-14-23-45(43)47-32-39-20-11-12-21-40(39)33-50(47)53(41-28-26-37(27-29-41)36-16-7-5-8-17-36)42-30-31-46-49(34-42)52(3,4)48-25-15-24-44(51(46)48)38-18-9-6-10-19-38/h5-25,30-35,37,41H,26-29H2,1-4H3. The smallest absolute Gasteiger partial charge is 0.0499 e. The normalized spacial score (nSPS) is 17.5. The van der Waals surface area contributed by atoms with Crippen LogP contribution in [0, 0.1) is 0 Å². The van der Waals surface area contributed by atoms with Gasteiger partial charge in [0.2, 0.25) is 0 Å². The molecular weight excluding hydrogens is 639 g/mol. The summed E-state index contributed by atoms with van der Waals surface area (Å²) in [5.74, 6) is 1.02. The summed E-state index contributed by atoms with van der Waals surface area (Å²) in [6.45, 7) is 9.50. The molecule has 0 aliphatic heterocycles. The first-order valence-electron chi connectivity index (χ1n) is 19.7. The van der Waals surface area contributed by atoms with E-state index >= 15 is 0 Å². The lowest BCUT2D eigenvalue weighted by molar-refractivity contribution is 0.392. The van der Waals surface area contributed by atoms with Crippen LogP contribution in [0.5, 0.6) is 0 Å². The van der Waals surface area contributed by atoms with Crippen LogP contribution in [0.2, 0.25) is 0 Å². The summed E-state index contributed by atoms with van der Waals surface area (Å²) in [5, 5.41) is 2.58. The zero-order chi connectivity index (χ0) is 36.1. The number of hydrogen-bond donors (Lipinski definition) is 0. The fourth-order valence-electron chi connectivity index (χ4n) is 9.61. The lowest BCUT2D eigenvalue weighted by atomic mass is 9.80. The minimum absolute atomic E-state index is 0.126. The summed E-state index contributed by atoms with van der Waals surface area (Å²) in [5.41, 5.74) is 16.2. The van der Waals surface area contributed by atoms with Crippen molar-refractivity contribution in [1.29, 1.82) is 0 Å². The molecule has 0 atom stereocenters. The monoisotopic (exact) mass is 687 g/mol. The van der Waals surface area contributed by atoms with Crippen LogP contribution in [0.3, 0.4) is 0 Å². The molecule has 9 rings (SSSR count). The second-order valence-electron chi connectivity index (χ2n) is 16.2. The number of benzene rings is 7. The molecule has 2 aliphatic rings. The minimum Gasteiger partial charge on any atom is -0.338 e.